The molecule has 1 saturated carbocycles. The van der Waals surface area contributed by atoms with Gasteiger partial charge in [-0.3, -0.25) is 19.5 Å². The van der Waals surface area contributed by atoms with Crippen molar-refractivity contribution < 1.29 is 14.4 Å². The van der Waals surface area contributed by atoms with Crippen LogP contribution in [0.15, 0.2) is 24.4 Å². The van der Waals surface area contributed by atoms with Crippen molar-refractivity contribution >= 4 is 17.8 Å². The summed E-state index contributed by atoms with van der Waals surface area (Å²) in [6.45, 7) is 1.98. The smallest absolute Gasteiger partial charge is 0.325 e. The fraction of sp³-hybridized carbons (Fsp3) is 0.619. The van der Waals surface area contributed by atoms with Crippen molar-refractivity contribution in [2.75, 3.05) is 19.6 Å². The van der Waals surface area contributed by atoms with E-state index in [0.29, 0.717) is 19.4 Å². The molecule has 1 aromatic rings. The topological polar surface area (TPSA) is 94.6 Å². The number of nitrogens with one attached hydrogen (secondary N) is 2. The van der Waals surface area contributed by atoms with Crippen LogP contribution in [0.4, 0.5) is 4.79 Å². The first kappa shape index (κ1) is 19.8. The standard InChI is InChI=1S/C21H29N5O3/c27-18(15-26-19(28)21(24-20(26)29)9-2-3-10-21)25(14-16-6-1-4-12-23-16)17-7-5-11-22-13-8-17/h1,4,6,12,17,22H,2-3,5,7-11,13-15H2,(H,24,29). The highest BCUT2D eigenvalue weighted by Crippen LogP contribution is 2.35. The zero-order valence-electron chi connectivity index (χ0n) is 16.7. The molecule has 1 aliphatic carbocycles. The van der Waals surface area contributed by atoms with E-state index in [0.717, 1.165) is 55.8 Å². The van der Waals surface area contributed by atoms with Gasteiger partial charge in [0.1, 0.15) is 12.1 Å². The minimum Gasteiger partial charge on any atom is -0.332 e. The minimum absolute atomic E-state index is 0.0701. The van der Waals surface area contributed by atoms with E-state index in [-0.39, 0.29) is 24.4 Å². The summed E-state index contributed by atoms with van der Waals surface area (Å²) in [7, 11) is 0. The summed E-state index contributed by atoms with van der Waals surface area (Å²) in [4.78, 5) is 46.0. The number of carbonyl (C=O) groups excluding carboxylic acids is 3. The first-order chi connectivity index (χ1) is 14.1. The van der Waals surface area contributed by atoms with Crippen molar-refractivity contribution in [3.05, 3.63) is 30.1 Å². The number of hydrogen-bond donors (Lipinski definition) is 2. The Labute approximate surface area is 171 Å². The third kappa shape index (κ3) is 4.12. The Bertz CT molecular complexity index is 755. The van der Waals surface area contributed by atoms with Crippen LogP contribution in [0.2, 0.25) is 0 Å². The van der Waals surface area contributed by atoms with Crippen LogP contribution in [-0.2, 0) is 16.1 Å². The SMILES string of the molecule is O=C1NC2(CCCC2)C(=O)N1CC(=O)N(Cc1ccccn1)C1CCCNCC1. The molecule has 4 amide bonds. The van der Waals surface area contributed by atoms with E-state index in [1.165, 1.54) is 0 Å². The Hall–Kier alpha value is -2.48. The van der Waals surface area contributed by atoms with E-state index in [2.05, 4.69) is 15.6 Å². The third-order valence-corrected chi connectivity index (χ3v) is 6.36. The number of carbonyl (C=O) groups is 3. The molecule has 4 rings (SSSR count). The van der Waals surface area contributed by atoms with E-state index in [1.54, 1.807) is 6.20 Å². The number of nitrogens with zero attached hydrogens (tertiary/aromatic N) is 3. The second kappa shape index (κ2) is 8.49. The van der Waals surface area contributed by atoms with E-state index in [1.807, 2.05) is 23.1 Å². The summed E-state index contributed by atoms with van der Waals surface area (Å²) in [5, 5.41) is 6.23. The molecule has 2 saturated heterocycles. The number of aromatic nitrogens is 1. The Morgan fingerprint density at radius 2 is 2.00 bits per heavy atom. The predicted octanol–water partition coefficient (Wildman–Crippen LogP) is 1.42. The van der Waals surface area contributed by atoms with Gasteiger partial charge in [0.25, 0.3) is 5.91 Å². The Morgan fingerprint density at radius 1 is 1.17 bits per heavy atom. The molecular weight excluding hydrogens is 370 g/mol. The quantitative estimate of drug-likeness (QED) is 0.730. The lowest BCUT2D eigenvalue weighted by molar-refractivity contribution is -0.141. The summed E-state index contributed by atoms with van der Waals surface area (Å²) in [6.07, 6.45) is 7.63. The van der Waals surface area contributed by atoms with Gasteiger partial charge in [0, 0.05) is 12.2 Å². The van der Waals surface area contributed by atoms with Gasteiger partial charge in [-0.15, -0.1) is 0 Å². The fourth-order valence-corrected chi connectivity index (χ4v) is 4.76. The van der Waals surface area contributed by atoms with Gasteiger partial charge in [-0.1, -0.05) is 18.9 Å². The van der Waals surface area contributed by atoms with Crippen molar-refractivity contribution in [3.8, 4) is 0 Å². The van der Waals surface area contributed by atoms with Crippen molar-refractivity contribution in [1.29, 1.82) is 0 Å². The lowest BCUT2D eigenvalue weighted by Crippen LogP contribution is -2.48. The van der Waals surface area contributed by atoms with Crippen molar-refractivity contribution in [3.63, 3.8) is 0 Å². The predicted molar refractivity (Wildman–Crippen MR) is 107 cm³/mol. The largest absolute Gasteiger partial charge is 0.332 e. The summed E-state index contributed by atoms with van der Waals surface area (Å²) in [5.41, 5.74) is 0.0256. The molecule has 0 radical (unpaired) electrons. The molecule has 8 nitrogen and oxygen atoms in total. The van der Waals surface area contributed by atoms with Gasteiger partial charge in [0.15, 0.2) is 0 Å². The molecule has 29 heavy (non-hydrogen) atoms. The third-order valence-electron chi connectivity index (χ3n) is 6.36. The highest BCUT2D eigenvalue weighted by Gasteiger charge is 2.53. The lowest BCUT2D eigenvalue weighted by Gasteiger charge is -2.32. The zero-order chi connectivity index (χ0) is 20.3. The summed E-state index contributed by atoms with van der Waals surface area (Å²) >= 11 is 0. The van der Waals surface area contributed by atoms with Crippen molar-refractivity contribution in [2.24, 2.45) is 0 Å². The normalized spacial score (nSPS) is 23.9. The minimum atomic E-state index is -0.782. The fourth-order valence-electron chi connectivity index (χ4n) is 4.76. The molecular formula is C21H29N5O3. The number of pyridine rings is 1. The molecule has 3 aliphatic rings. The zero-order valence-corrected chi connectivity index (χ0v) is 16.7. The molecule has 2 N–H and O–H groups in total. The number of amides is 4. The lowest BCUT2D eigenvalue weighted by atomic mass is 9.98. The molecule has 3 heterocycles. The monoisotopic (exact) mass is 399 g/mol. The van der Waals surface area contributed by atoms with Gasteiger partial charge < -0.3 is 15.5 Å². The van der Waals surface area contributed by atoms with Gasteiger partial charge in [-0.2, -0.15) is 0 Å². The first-order valence-electron chi connectivity index (χ1n) is 10.6. The molecule has 0 bridgehead atoms. The highest BCUT2D eigenvalue weighted by molar-refractivity contribution is 6.09. The number of urea groups is 1. The van der Waals surface area contributed by atoms with Gasteiger partial charge >= 0.3 is 6.03 Å². The second-order valence-electron chi connectivity index (χ2n) is 8.29. The van der Waals surface area contributed by atoms with Gasteiger partial charge in [-0.25, -0.2) is 4.79 Å². The molecule has 8 heteroatoms. The Morgan fingerprint density at radius 3 is 2.76 bits per heavy atom. The highest BCUT2D eigenvalue weighted by atomic mass is 16.2. The van der Waals surface area contributed by atoms with Crippen LogP contribution in [0.5, 0.6) is 0 Å². The molecule has 1 aromatic heterocycles. The van der Waals surface area contributed by atoms with E-state index < -0.39 is 11.6 Å². The molecule has 1 spiro atoms. The van der Waals surface area contributed by atoms with Crippen molar-refractivity contribution in [2.45, 2.75) is 63.1 Å². The molecule has 3 fully saturated rings. The van der Waals surface area contributed by atoms with Crippen LogP contribution in [0.1, 0.15) is 50.6 Å². The maximum Gasteiger partial charge on any atom is 0.325 e. The van der Waals surface area contributed by atoms with E-state index in [4.69, 9.17) is 0 Å². The van der Waals surface area contributed by atoms with E-state index >= 15 is 0 Å². The molecule has 0 aromatic carbocycles. The molecule has 156 valence electrons. The van der Waals surface area contributed by atoms with Crippen molar-refractivity contribution in [1.82, 2.24) is 25.4 Å². The van der Waals surface area contributed by atoms with Gasteiger partial charge in [-0.05, 0) is 57.3 Å². The summed E-state index contributed by atoms with van der Waals surface area (Å²) < 4.78 is 0. The summed E-state index contributed by atoms with van der Waals surface area (Å²) in [6, 6.07) is 5.28. The van der Waals surface area contributed by atoms with Crippen LogP contribution in [0.3, 0.4) is 0 Å². The average Bonchev–Trinajstić information content (AvgIpc) is 3.15. The maximum absolute atomic E-state index is 13.3. The van der Waals surface area contributed by atoms with Crippen LogP contribution >= 0.6 is 0 Å². The Kier molecular flexibility index (Phi) is 5.80. The molecule has 1 unspecified atom stereocenters. The van der Waals surface area contributed by atoms with Gasteiger partial charge in [0.2, 0.25) is 5.91 Å². The van der Waals surface area contributed by atoms with Crippen LogP contribution in [0, 0.1) is 0 Å². The van der Waals surface area contributed by atoms with E-state index in [9.17, 15) is 14.4 Å². The Balaban J connectivity index is 1.51. The second-order valence-corrected chi connectivity index (χ2v) is 8.29. The maximum atomic E-state index is 13.3. The number of rotatable bonds is 5. The number of hydrogen-bond acceptors (Lipinski definition) is 5. The van der Waals surface area contributed by atoms with Crippen LogP contribution in [0.25, 0.3) is 0 Å². The summed E-state index contributed by atoms with van der Waals surface area (Å²) in [5.74, 6) is -0.435. The first-order valence-corrected chi connectivity index (χ1v) is 10.6. The molecule has 1 atom stereocenters. The van der Waals surface area contributed by atoms with Gasteiger partial charge in [0.05, 0.1) is 12.2 Å². The molecule has 2 aliphatic heterocycles. The van der Waals surface area contributed by atoms with Crippen LogP contribution < -0.4 is 10.6 Å². The van der Waals surface area contributed by atoms with Crippen LogP contribution in [-0.4, -0.2) is 63.8 Å². The number of imide groups is 1. The average molecular weight is 399 g/mol.